The molecule has 7 heteroatoms. The summed E-state index contributed by atoms with van der Waals surface area (Å²) in [4.78, 5) is 7.44. The second-order valence-corrected chi connectivity index (χ2v) is 5.96. The van der Waals surface area contributed by atoms with E-state index in [2.05, 4.69) is 15.3 Å². The van der Waals surface area contributed by atoms with Crippen LogP contribution in [0.2, 0.25) is 5.28 Å². The first-order valence-corrected chi connectivity index (χ1v) is 8.07. The predicted octanol–water partition coefficient (Wildman–Crippen LogP) is 3.96. The van der Waals surface area contributed by atoms with Gasteiger partial charge in [-0.1, -0.05) is 12.1 Å². The molecule has 0 saturated heterocycles. The maximum Gasteiger partial charge on any atom is 0.224 e. The minimum atomic E-state index is -0.581. The van der Waals surface area contributed by atoms with Crippen molar-refractivity contribution in [1.29, 1.82) is 0 Å². The maximum atomic E-state index is 13.8. The van der Waals surface area contributed by atoms with E-state index in [1.807, 2.05) is 30.3 Å². The molecule has 0 atom stereocenters. The Balaban J connectivity index is 1.77. The van der Waals surface area contributed by atoms with Crippen LogP contribution in [0.25, 0.3) is 0 Å². The number of aryl methyl sites for hydroxylation is 2. The van der Waals surface area contributed by atoms with Crippen LogP contribution in [-0.4, -0.2) is 9.97 Å². The van der Waals surface area contributed by atoms with Crippen LogP contribution >= 0.6 is 11.6 Å². The van der Waals surface area contributed by atoms with Gasteiger partial charge in [-0.05, 0) is 65.9 Å². The standard InChI is InChI=1S/C18H17ClFN5/c19-18-23-10-15(20)17(25-18)24-14-6-7-16(22)12(9-14)5-4-11-2-1-3-13(21)8-11/h1-3,6-10H,4-5,21-22H2,(H,23,24,25). The second-order valence-electron chi connectivity index (χ2n) is 5.62. The molecule has 1 aromatic heterocycles. The largest absolute Gasteiger partial charge is 0.399 e. The van der Waals surface area contributed by atoms with Gasteiger partial charge in [0.05, 0.1) is 6.20 Å². The van der Waals surface area contributed by atoms with Crippen molar-refractivity contribution < 1.29 is 4.39 Å². The summed E-state index contributed by atoms with van der Waals surface area (Å²) in [6.45, 7) is 0. The first-order valence-electron chi connectivity index (χ1n) is 7.69. The minimum absolute atomic E-state index is 0.0200. The topological polar surface area (TPSA) is 89.8 Å². The molecule has 5 N–H and O–H groups in total. The van der Waals surface area contributed by atoms with Crippen LogP contribution in [0.3, 0.4) is 0 Å². The van der Waals surface area contributed by atoms with Gasteiger partial charge in [0.25, 0.3) is 0 Å². The summed E-state index contributed by atoms with van der Waals surface area (Å²) >= 11 is 5.71. The lowest BCUT2D eigenvalue weighted by atomic mass is 10.0. The smallest absolute Gasteiger partial charge is 0.224 e. The van der Waals surface area contributed by atoms with Crippen LogP contribution in [0, 0.1) is 5.82 Å². The Hall–Kier alpha value is -2.86. The normalized spacial score (nSPS) is 10.6. The molecule has 25 heavy (non-hydrogen) atoms. The van der Waals surface area contributed by atoms with Crippen molar-refractivity contribution in [1.82, 2.24) is 9.97 Å². The number of aromatic nitrogens is 2. The fourth-order valence-corrected chi connectivity index (χ4v) is 2.63. The van der Waals surface area contributed by atoms with E-state index in [4.69, 9.17) is 23.1 Å². The summed E-state index contributed by atoms with van der Waals surface area (Å²) in [6, 6.07) is 13.1. The van der Waals surface area contributed by atoms with Crippen LogP contribution in [-0.2, 0) is 12.8 Å². The monoisotopic (exact) mass is 357 g/mol. The van der Waals surface area contributed by atoms with Crippen molar-refractivity contribution in [2.45, 2.75) is 12.8 Å². The number of nitrogens with one attached hydrogen (secondary N) is 1. The first-order chi connectivity index (χ1) is 12.0. The average molecular weight is 358 g/mol. The minimum Gasteiger partial charge on any atom is -0.399 e. The SMILES string of the molecule is Nc1cccc(CCc2cc(Nc3nc(Cl)ncc3F)ccc2N)c1. The van der Waals surface area contributed by atoms with E-state index >= 15 is 0 Å². The molecule has 0 aliphatic carbocycles. The molecular formula is C18H17ClFN5. The Morgan fingerprint density at radius 1 is 1.08 bits per heavy atom. The number of nitrogen functional groups attached to an aromatic ring is 2. The molecule has 0 bridgehead atoms. The molecule has 0 amide bonds. The van der Waals surface area contributed by atoms with Crippen molar-refractivity contribution in [2.24, 2.45) is 0 Å². The fourth-order valence-electron chi connectivity index (χ4n) is 2.50. The van der Waals surface area contributed by atoms with Gasteiger partial charge in [-0.3, -0.25) is 0 Å². The highest BCUT2D eigenvalue weighted by Gasteiger charge is 2.08. The van der Waals surface area contributed by atoms with Crippen molar-refractivity contribution in [3.63, 3.8) is 0 Å². The first kappa shape index (κ1) is 17.0. The zero-order valence-electron chi connectivity index (χ0n) is 13.3. The van der Waals surface area contributed by atoms with E-state index < -0.39 is 5.82 Å². The van der Waals surface area contributed by atoms with Crippen molar-refractivity contribution >= 4 is 34.5 Å². The number of benzene rings is 2. The molecule has 128 valence electrons. The van der Waals surface area contributed by atoms with Crippen LogP contribution in [0.5, 0.6) is 0 Å². The van der Waals surface area contributed by atoms with Gasteiger partial charge in [0.15, 0.2) is 11.6 Å². The molecule has 1 heterocycles. The Bertz CT molecular complexity index is 900. The van der Waals surface area contributed by atoms with Crippen LogP contribution in [0.1, 0.15) is 11.1 Å². The van der Waals surface area contributed by atoms with Gasteiger partial charge in [0.1, 0.15) is 0 Å². The summed E-state index contributed by atoms with van der Waals surface area (Å²) in [5.74, 6) is -0.561. The van der Waals surface area contributed by atoms with E-state index in [0.717, 1.165) is 35.9 Å². The number of rotatable bonds is 5. The Kier molecular flexibility index (Phi) is 5.00. The molecule has 0 fully saturated rings. The molecule has 5 nitrogen and oxygen atoms in total. The number of hydrogen-bond acceptors (Lipinski definition) is 5. The van der Waals surface area contributed by atoms with Gasteiger partial charge in [-0.15, -0.1) is 0 Å². The summed E-state index contributed by atoms with van der Waals surface area (Å²) in [6.07, 6.45) is 2.56. The lowest BCUT2D eigenvalue weighted by Crippen LogP contribution is -2.02. The van der Waals surface area contributed by atoms with Gasteiger partial charge in [-0.2, -0.15) is 4.98 Å². The summed E-state index contributed by atoms with van der Waals surface area (Å²) in [5.41, 5.74) is 16.0. The molecule has 0 unspecified atom stereocenters. The molecule has 0 spiro atoms. The molecular weight excluding hydrogens is 341 g/mol. The van der Waals surface area contributed by atoms with Crippen LogP contribution < -0.4 is 16.8 Å². The Labute approximate surface area is 149 Å². The van der Waals surface area contributed by atoms with Gasteiger partial charge in [-0.25, -0.2) is 9.37 Å². The van der Waals surface area contributed by atoms with Crippen LogP contribution in [0.4, 0.5) is 27.3 Å². The summed E-state index contributed by atoms with van der Waals surface area (Å²) in [5, 5.41) is 2.88. The third-order valence-electron chi connectivity index (χ3n) is 3.75. The lowest BCUT2D eigenvalue weighted by molar-refractivity contribution is 0.619. The molecule has 2 aromatic carbocycles. The predicted molar refractivity (Wildman–Crippen MR) is 99.4 cm³/mol. The van der Waals surface area contributed by atoms with E-state index in [0.29, 0.717) is 11.4 Å². The van der Waals surface area contributed by atoms with Gasteiger partial charge < -0.3 is 16.8 Å². The maximum absolute atomic E-state index is 13.8. The average Bonchev–Trinajstić information content (AvgIpc) is 2.58. The van der Waals surface area contributed by atoms with E-state index in [1.165, 1.54) is 0 Å². The molecule has 0 aliphatic heterocycles. The highest BCUT2D eigenvalue weighted by Crippen LogP contribution is 2.24. The summed E-state index contributed by atoms with van der Waals surface area (Å²) in [7, 11) is 0. The lowest BCUT2D eigenvalue weighted by Gasteiger charge is -2.11. The van der Waals surface area contributed by atoms with Gasteiger partial charge in [0.2, 0.25) is 5.28 Å². The molecule has 0 aliphatic rings. The number of anilines is 4. The third kappa shape index (κ3) is 4.36. The third-order valence-corrected chi connectivity index (χ3v) is 3.94. The Morgan fingerprint density at radius 2 is 1.92 bits per heavy atom. The van der Waals surface area contributed by atoms with Crippen LogP contribution in [0.15, 0.2) is 48.7 Å². The van der Waals surface area contributed by atoms with Gasteiger partial charge >= 0.3 is 0 Å². The molecule has 0 saturated carbocycles. The van der Waals surface area contributed by atoms with Crippen molar-refractivity contribution in [3.8, 4) is 0 Å². The second kappa shape index (κ2) is 7.36. The highest BCUT2D eigenvalue weighted by atomic mass is 35.5. The number of hydrogen-bond donors (Lipinski definition) is 3. The quantitative estimate of drug-likeness (QED) is 0.475. The molecule has 0 radical (unpaired) electrons. The highest BCUT2D eigenvalue weighted by molar-refractivity contribution is 6.28. The van der Waals surface area contributed by atoms with Gasteiger partial charge in [0, 0.05) is 17.1 Å². The van der Waals surface area contributed by atoms with E-state index in [-0.39, 0.29) is 11.1 Å². The molecule has 3 aromatic rings. The van der Waals surface area contributed by atoms with Crippen molar-refractivity contribution in [3.05, 3.63) is 70.9 Å². The fraction of sp³-hybridized carbons (Fsp3) is 0.111. The number of halogens is 2. The number of nitrogens with zero attached hydrogens (tertiary/aromatic N) is 2. The van der Waals surface area contributed by atoms with E-state index in [9.17, 15) is 4.39 Å². The summed E-state index contributed by atoms with van der Waals surface area (Å²) < 4.78 is 13.8. The number of nitrogens with two attached hydrogens (primary N) is 2. The van der Waals surface area contributed by atoms with Crippen molar-refractivity contribution in [2.75, 3.05) is 16.8 Å². The zero-order valence-corrected chi connectivity index (χ0v) is 14.1. The zero-order chi connectivity index (χ0) is 17.8. The Morgan fingerprint density at radius 3 is 2.72 bits per heavy atom. The molecule has 3 rings (SSSR count). The van der Waals surface area contributed by atoms with E-state index in [1.54, 1.807) is 12.1 Å².